The van der Waals surface area contributed by atoms with Crippen molar-refractivity contribution in [3.63, 3.8) is 0 Å². The van der Waals surface area contributed by atoms with Crippen LogP contribution < -0.4 is 0 Å². The number of rotatable bonds is 5. The number of aromatic nitrogens is 2. The summed E-state index contributed by atoms with van der Waals surface area (Å²) in [7, 11) is 0. The zero-order valence-corrected chi connectivity index (χ0v) is 8.74. The first-order valence-corrected chi connectivity index (χ1v) is 4.86. The van der Waals surface area contributed by atoms with Gasteiger partial charge in [0.2, 0.25) is 0 Å². The predicted octanol–water partition coefficient (Wildman–Crippen LogP) is 0.882. The molecule has 1 aromatic rings. The Hall–Kier alpha value is -1.56. The first-order chi connectivity index (χ1) is 7.33. The molecule has 0 bridgehead atoms. The molecule has 0 fully saturated rings. The third-order valence-corrected chi connectivity index (χ3v) is 1.90. The molecule has 0 spiro atoms. The van der Waals surface area contributed by atoms with Crippen LogP contribution in [0.3, 0.4) is 0 Å². The van der Waals surface area contributed by atoms with Crippen LogP contribution in [-0.4, -0.2) is 28.6 Å². The maximum absolute atomic E-state index is 8.80. The van der Waals surface area contributed by atoms with Crippen LogP contribution in [0.25, 0.3) is 0 Å². The molecule has 0 saturated heterocycles. The lowest BCUT2D eigenvalue weighted by molar-refractivity contribution is 0.140. The highest BCUT2D eigenvalue weighted by Gasteiger charge is 2.08. The quantitative estimate of drug-likeness (QED) is 0.550. The summed E-state index contributed by atoms with van der Waals surface area (Å²) in [4.78, 5) is 3.80. The van der Waals surface area contributed by atoms with Crippen molar-refractivity contribution in [2.45, 2.75) is 6.54 Å². The number of nitrogens with zero attached hydrogens (tertiary/aromatic N) is 4. The van der Waals surface area contributed by atoms with Crippen molar-refractivity contribution < 1.29 is 4.74 Å². The molecule has 78 valence electrons. The second-order valence-electron chi connectivity index (χ2n) is 2.66. The second kappa shape index (κ2) is 6.02. The van der Waals surface area contributed by atoms with E-state index in [-0.39, 0.29) is 11.4 Å². The Morgan fingerprint density at radius 3 is 2.80 bits per heavy atom. The summed E-state index contributed by atoms with van der Waals surface area (Å²) in [6.45, 7) is 1.42. The molecule has 1 heterocycles. The van der Waals surface area contributed by atoms with Gasteiger partial charge in [0.1, 0.15) is 12.1 Å². The summed E-state index contributed by atoms with van der Waals surface area (Å²) in [6.07, 6.45) is 1.46. The summed E-state index contributed by atoms with van der Waals surface area (Å²) in [5, 5.41) is 17.4. The number of nitriles is 2. The highest BCUT2D eigenvalue weighted by atomic mass is 35.5. The van der Waals surface area contributed by atoms with Crippen molar-refractivity contribution in [1.29, 1.82) is 10.5 Å². The lowest BCUT2D eigenvalue weighted by atomic mass is 10.3. The Kier molecular flexibility index (Phi) is 4.62. The fourth-order valence-corrected chi connectivity index (χ4v) is 1.18. The standard InChI is InChI=1S/C9H9ClN4O/c10-1-3-15-4-2-14-7-13-8(5-11)9(14)6-12/h7H,1-4H2. The molecule has 0 aromatic carbocycles. The van der Waals surface area contributed by atoms with Crippen LogP contribution in [-0.2, 0) is 11.3 Å². The highest BCUT2D eigenvalue weighted by molar-refractivity contribution is 6.17. The Morgan fingerprint density at radius 1 is 1.40 bits per heavy atom. The van der Waals surface area contributed by atoms with Gasteiger partial charge in [-0.05, 0) is 0 Å². The fourth-order valence-electron chi connectivity index (χ4n) is 1.07. The molecule has 1 aromatic heterocycles. The molecule has 0 unspecified atom stereocenters. The van der Waals surface area contributed by atoms with Gasteiger partial charge < -0.3 is 9.30 Å². The van der Waals surface area contributed by atoms with Crippen LogP contribution in [0.5, 0.6) is 0 Å². The van der Waals surface area contributed by atoms with Crippen LogP contribution >= 0.6 is 11.6 Å². The Morgan fingerprint density at radius 2 is 2.20 bits per heavy atom. The van der Waals surface area contributed by atoms with Crippen LogP contribution in [0.15, 0.2) is 6.33 Å². The Bertz CT molecular complexity index is 401. The van der Waals surface area contributed by atoms with E-state index in [1.807, 2.05) is 12.1 Å². The monoisotopic (exact) mass is 224 g/mol. The van der Waals surface area contributed by atoms with E-state index in [2.05, 4.69) is 4.98 Å². The normalized spacial score (nSPS) is 9.53. The SMILES string of the molecule is N#Cc1ncn(CCOCCCl)c1C#N. The third kappa shape index (κ3) is 2.95. The van der Waals surface area contributed by atoms with E-state index in [4.69, 9.17) is 26.9 Å². The average Bonchev–Trinajstić information content (AvgIpc) is 2.66. The summed E-state index contributed by atoms with van der Waals surface area (Å²) in [5.41, 5.74) is 0.418. The largest absolute Gasteiger partial charge is 0.378 e. The summed E-state index contributed by atoms with van der Waals surface area (Å²) < 4.78 is 6.75. The minimum absolute atomic E-state index is 0.148. The number of imidazole rings is 1. The molecular weight excluding hydrogens is 216 g/mol. The van der Waals surface area contributed by atoms with Gasteiger partial charge in [-0.2, -0.15) is 10.5 Å². The number of ether oxygens (including phenoxy) is 1. The zero-order valence-electron chi connectivity index (χ0n) is 7.98. The topological polar surface area (TPSA) is 74.6 Å². The molecule has 0 aliphatic heterocycles. The van der Waals surface area contributed by atoms with Crippen molar-refractivity contribution in [3.05, 3.63) is 17.7 Å². The van der Waals surface area contributed by atoms with Crippen LogP contribution in [0.4, 0.5) is 0 Å². The van der Waals surface area contributed by atoms with Gasteiger partial charge in [0.25, 0.3) is 0 Å². The van der Waals surface area contributed by atoms with Crippen LogP contribution in [0, 0.1) is 22.7 Å². The van der Waals surface area contributed by atoms with Crippen molar-refractivity contribution in [2.24, 2.45) is 0 Å². The van der Waals surface area contributed by atoms with Gasteiger partial charge in [-0.3, -0.25) is 0 Å². The molecule has 0 atom stereocenters. The molecule has 0 amide bonds. The number of alkyl halides is 1. The third-order valence-electron chi connectivity index (χ3n) is 1.75. The predicted molar refractivity (Wildman–Crippen MR) is 53.2 cm³/mol. The van der Waals surface area contributed by atoms with E-state index < -0.39 is 0 Å². The average molecular weight is 225 g/mol. The summed E-state index contributed by atoms with van der Waals surface area (Å²) in [6, 6.07) is 3.78. The molecule has 5 nitrogen and oxygen atoms in total. The molecule has 6 heteroatoms. The summed E-state index contributed by atoms with van der Waals surface area (Å²) in [5.74, 6) is 0.443. The van der Waals surface area contributed by atoms with E-state index in [0.717, 1.165) is 0 Å². The van der Waals surface area contributed by atoms with E-state index in [9.17, 15) is 0 Å². The molecule has 0 saturated carbocycles. The van der Waals surface area contributed by atoms with Crippen LogP contribution in [0.1, 0.15) is 11.4 Å². The van der Waals surface area contributed by atoms with Gasteiger partial charge in [0.05, 0.1) is 19.5 Å². The second-order valence-corrected chi connectivity index (χ2v) is 3.04. The maximum Gasteiger partial charge on any atom is 0.176 e. The fraction of sp³-hybridized carbons (Fsp3) is 0.444. The smallest absolute Gasteiger partial charge is 0.176 e. The lowest BCUT2D eigenvalue weighted by Gasteiger charge is -2.03. The van der Waals surface area contributed by atoms with Crippen molar-refractivity contribution in [2.75, 3.05) is 19.1 Å². The van der Waals surface area contributed by atoms with E-state index in [1.54, 1.807) is 4.57 Å². The van der Waals surface area contributed by atoms with E-state index in [1.165, 1.54) is 6.33 Å². The molecule has 1 rings (SSSR count). The lowest BCUT2D eigenvalue weighted by Crippen LogP contribution is -2.08. The Balaban J connectivity index is 2.59. The van der Waals surface area contributed by atoms with E-state index in [0.29, 0.717) is 25.6 Å². The van der Waals surface area contributed by atoms with Crippen LogP contribution in [0.2, 0.25) is 0 Å². The molecule has 15 heavy (non-hydrogen) atoms. The van der Waals surface area contributed by atoms with Crippen molar-refractivity contribution >= 4 is 11.6 Å². The molecule has 0 aliphatic carbocycles. The van der Waals surface area contributed by atoms with Gasteiger partial charge in [0.15, 0.2) is 11.4 Å². The first kappa shape index (κ1) is 11.5. The number of hydrogen-bond donors (Lipinski definition) is 0. The Labute approximate surface area is 92.5 Å². The minimum atomic E-state index is 0.148. The highest BCUT2D eigenvalue weighted by Crippen LogP contribution is 2.04. The molecular formula is C9H9ClN4O. The van der Waals surface area contributed by atoms with Gasteiger partial charge in [-0.25, -0.2) is 4.98 Å². The molecule has 0 aliphatic rings. The minimum Gasteiger partial charge on any atom is -0.378 e. The zero-order chi connectivity index (χ0) is 11.1. The number of hydrogen-bond acceptors (Lipinski definition) is 4. The van der Waals surface area contributed by atoms with Gasteiger partial charge in [-0.15, -0.1) is 11.6 Å². The van der Waals surface area contributed by atoms with E-state index >= 15 is 0 Å². The van der Waals surface area contributed by atoms with Crippen molar-refractivity contribution in [1.82, 2.24) is 9.55 Å². The maximum atomic E-state index is 8.80. The van der Waals surface area contributed by atoms with Gasteiger partial charge >= 0.3 is 0 Å². The van der Waals surface area contributed by atoms with Crippen molar-refractivity contribution in [3.8, 4) is 12.1 Å². The molecule has 0 N–H and O–H groups in total. The molecule has 0 radical (unpaired) electrons. The number of halogens is 1. The van der Waals surface area contributed by atoms with Gasteiger partial charge in [0, 0.05) is 12.4 Å². The first-order valence-electron chi connectivity index (χ1n) is 4.32. The summed E-state index contributed by atoms with van der Waals surface area (Å²) >= 11 is 5.43. The van der Waals surface area contributed by atoms with Gasteiger partial charge in [-0.1, -0.05) is 0 Å².